The summed E-state index contributed by atoms with van der Waals surface area (Å²) in [6, 6.07) is 15.0. The maximum absolute atomic E-state index is 13.0. The third kappa shape index (κ3) is 2.45. The molecule has 0 radical (unpaired) electrons. The Kier molecular flexibility index (Phi) is 3.76. The van der Waals surface area contributed by atoms with E-state index in [1.165, 1.54) is 0 Å². The van der Waals surface area contributed by atoms with Crippen LogP contribution in [-0.4, -0.2) is 39.4 Å². The fourth-order valence-corrected chi connectivity index (χ4v) is 3.77. The highest BCUT2D eigenvalue weighted by atomic mass is 16.2. The highest BCUT2D eigenvalue weighted by molar-refractivity contribution is 5.98. The number of hydrogen-bond donors (Lipinski definition) is 1. The van der Waals surface area contributed by atoms with E-state index in [1.54, 1.807) is 23.4 Å². The van der Waals surface area contributed by atoms with Crippen LogP contribution in [0.15, 0.2) is 54.9 Å². The van der Waals surface area contributed by atoms with E-state index < -0.39 is 5.41 Å². The molecule has 4 rings (SSSR count). The Hall–Kier alpha value is -3.15. The number of primary amides is 1. The number of hydrogen-bond acceptors (Lipinski definition) is 3. The molecule has 26 heavy (non-hydrogen) atoms. The fraction of sp³-hybridized carbons (Fsp3) is 0.250. The molecule has 6 heteroatoms. The van der Waals surface area contributed by atoms with Crippen molar-refractivity contribution < 1.29 is 9.59 Å². The number of rotatable bonds is 3. The summed E-state index contributed by atoms with van der Waals surface area (Å²) in [7, 11) is 1.92. The van der Waals surface area contributed by atoms with Crippen LogP contribution in [0, 0.1) is 0 Å². The number of carbonyl (C=O) groups excluding carboxylic acids is 2. The van der Waals surface area contributed by atoms with Crippen LogP contribution in [0.1, 0.15) is 22.3 Å². The first-order valence-corrected chi connectivity index (χ1v) is 8.57. The van der Waals surface area contributed by atoms with Gasteiger partial charge in [0.05, 0.1) is 22.8 Å². The largest absolute Gasteiger partial charge is 0.369 e. The van der Waals surface area contributed by atoms with Crippen molar-refractivity contribution in [1.29, 1.82) is 0 Å². The molecule has 1 atom stereocenters. The van der Waals surface area contributed by atoms with Gasteiger partial charge in [0, 0.05) is 25.7 Å². The van der Waals surface area contributed by atoms with E-state index in [0.29, 0.717) is 25.1 Å². The molecule has 3 aromatic rings. The number of likely N-dealkylation sites (tertiary alicyclic amines) is 1. The molecule has 1 aliphatic heterocycles. The molecule has 6 nitrogen and oxygen atoms in total. The molecule has 1 saturated heterocycles. The lowest BCUT2D eigenvalue weighted by Gasteiger charge is -2.26. The second-order valence-electron chi connectivity index (χ2n) is 6.85. The summed E-state index contributed by atoms with van der Waals surface area (Å²) in [5.41, 5.74) is 8.11. The van der Waals surface area contributed by atoms with Crippen molar-refractivity contribution in [3.63, 3.8) is 0 Å². The summed E-state index contributed by atoms with van der Waals surface area (Å²) in [5, 5.41) is 0. The minimum Gasteiger partial charge on any atom is -0.369 e. The molecule has 2 heterocycles. The quantitative estimate of drug-likeness (QED) is 0.784. The number of amides is 2. The van der Waals surface area contributed by atoms with E-state index >= 15 is 0 Å². The molecule has 2 N–H and O–H groups in total. The van der Waals surface area contributed by atoms with E-state index in [2.05, 4.69) is 4.98 Å². The van der Waals surface area contributed by atoms with Gasteiger partial charge in [0.1, 0.15) is 0 Å². The van der Waals surface area contributed by atoms with E-state index in [1.807, 2.05) is 48.0 Å². The first-order chi connectivity index (χ1) is 12.5. The summed E-state index contributed by atoms with van der Waals surface area (Å²) in [4.78, 5) is 31.3. The normalized spacial score (nSPS) is 19.8. The number of carbonyl (C=O) groups is 2. The average Bonchev–Trinajstić information content (AvgIpc) is 3.27. The average molecular weight is 348 g/mol. The number of nitrogens with zero attached hydrogens (tertiary/aromatic N) is 3. The fourth-order valence-electron chi connectivity index (χ4n) is 3.77. The zero-order valence-corrected chi connectivity index (χ0v) is 14.6. The van der Waals surface area contributed by atoms with Crippen molar-refractivity contribution >= 4 is 22.8 Å². The van der Waals surface area contributed by atoms with Crippen molar-refractivity contribution in [2.45, 2.75) is 11.8 Å². The highest BCUT2D eigenvalue weighted by Gasteiger charge is 2.46. The lowest BCUT2D eigenvalue weighted by molar-refractivity contribution is -0.123. The van der Waals surface area contributed by atoms with Gasteiger partial charge in [-0.25, -0.2) is 4.98 Å². The zero-order valence-electron chi connectivity index (χ0n) is 14.6. The van der Waals surface area contributed by atoms with E-state index in [0.717, 1.165) is 16.6 Å². The highest BCUT2D eigenvalue weighted by Crippen LogP contribution is 2.35. The Labute approximate surface area is 151 Å². The molecule has 0 bridgehead atoms. The van der Waals surface area contributed by atoms with Crippen LogP contribution in [0.4, 0.5) is 0 Å². The van der Waals surface area contributed by atoms with E-state index in [4.69, 9.17) is 5.73 Å². The van der Waals surface area contributed by atoms with Crippen LogP contribution in [0.3, 0.4) is 0 Å². The van der Waals surface area contributed by atoms with Gasteiger partial charge < -0.3 is 15.2 Å². The summed E-state index contributed by atoms with van der Waals surface area (Å²) >= 11 is 0. The van der Waals surface area contributed by atoms with Gasteiger partial charge in [-0.15, -0.1) is 0 Å². The topological polar surface area (TPSA) is 81.2 Å². The Bertz CT molecular complexity index is 995. The van der Waals surface area contributed by atoms with Crippen molar-refractivity contribution in [2.24, 2.45) is 12.8 Å². The second-order valence-corrected chi connectivity index (χ2v) is 6.85. The van der Waals surface area contributed by atoms with Gasteiger partial charge in [-0.3, -0.25) is 9.59 Å². The van der Waals surface area contributed by atoms with Crippen molar-refractivity contribution in [3.05, 3.63) is 66.0 Å². The van der Waals surface area contributed by atoms with Crippen LogP contribution in [0.5, 0.6) is 0 Å². The molecular formula is C20H20N4O2. The number of imidazole rings is 1. The standard InChI is InChI=1S/C20H20N4O2/c1-23-13-22-16-11-14(7-8-17(16)23)18(25)24-10-9-20(12-24,19(21)26)15-5-3-2-4-6-15/h2-8,11,13H,9-10,12H2,1H3,(H2,21,26). The zero-order chi connectivity index (χ0) is 18.3. The van der Waals surface area contributed by atoms with Gasteiger partial charge in [0.25, 0.3) is 5.91 Å². The maximum Gasteiger partial charge on any atom is 0.253 e. The molecule has 0 saturated carbocycles. The molecule has 2 aromatic carbocycles. The van der Waals surface area contributed by atoms with Crippen molar-refractivity contribution in [2.75, 3.05) is 13.1 Å². The summed E-state index contributed by atoms with van der Waals surface area (Å²) < 4.78 is 1.91. The monoisotopic (exact) mass is 348 g/mol. The number of aryl methyl sites for hydroxylation is 1. The Morgan fingerprint density at radius 2 is 1.92 bits per heavy atom. The third-order valence-corrected chi connectivity index (χ3v) is 5.33. The number of nitrogens with two attached hydrogens (primary N) is 1. The summed E-state index contributed by atoms with van der Waals surface area (Å²) in [5.74, 6) is -0.490. The predicted octanol–water partition coefficient (Wildman–Crippen LogP) is 1.84. The van der Waals surface area contributed by atoms with Crippen LogP contribution < -0.4 is 5.73 Å². The van der Waals surface area contributed by atoms with Gasteiger partial charge >= 0.3 is 0 Å². The first kappa shape index (κ1) is 16.3. The third-order valence-electron chi connectivity index (χ3n) is 5.33. The van der Waals surface area contributed by atoms with Gasteiger partial charge in [0.15, 0.2) is 0 Å². The number of fused-ring (bicyclic) bond motifs is 1. The van der Waals surface area contributed by atoms with E-state index in [9.17, 15) is 9.59 Å². The maximum atomic E-state index is 13.0. The summed E-state index contributed by atoms with van der Waals surface area (Å²) in [6.45, 7) is 0.794. The molecular weight excluding hydrogens is 328 g/mol. The van der Waals surface area contributed by atoms with Gasteiger partial charge in [0.2, 0.25) is 5.91 Å². The predicted molar refractivity (Wildman–Crippen MR) is 98.5 cm³/mol. The number of aromatic nitrogens is 2. The molecule has 0 spiro atoms. The minimum absolute atomic E-state index is 0.100. The van der Waals surface area contributed by atoms with E-state index in [-0.39, 0.29) is 11.8 Å². The van der Waals surface area contributed by atoms with Crippen molar-refractivity contribution in [3.8, 4) is 0 Å². The SMILES string of the molecule is Cn1cnc2cc(C(=O)N3CCC(C(N)=O)(c4ccccc4)C3)ccc21. The molecule has 132 valence electrons. The lowest BCUT2D eigenvalue weighted by atomic mass is 9.79. The van der Waals surface area contributed by atoms with Gasteiger partial charge in [-0.2, -0.15) is 0 Å². The van der Waals surface area contributed by atoms with Crippen LogP contribution in [0.2, 0.25) is 0 Å². The van der Waals surface area contributed by atoms with Gasteiger partial charge in [-0.05, 0) is 30.2 Å². The molecule has 2 amide bonds. The van der Waals surface area contributed by atoms with Crippen LogP contribution >= 0.6 is 0 Å². The first-order valence-electron chi connectivity index (χ1n) is 8.57. The number of benzene rings is 2. The Morgan fingerprint density at radius 3 is 2.65 bits per heavy atom. The summed E-state index contributed by atoms with van der Waals surface area (Å²) in [6.07, 6.45) is 2.26. The molecule has 1 unspecified atom stereocenters. The molecule has 0 aliphatic carbocycles. The second kappa shape index (κ2) is 5.98. The van der Waals surface area contributed by atoms with Crippen LogP contribution in [0.25, 0.3) is 11.0 Å². The smallest absolute Gasteiger partial charge is 0.253 e. The molecule has 1 fully saturated rings. The van der Waals surface area contributed by atoms with Crippen molar-refractivity contribution in [1.82, 2.24) is 14.5 Å². The minimum atomic E-state index is -0.827. The van der Waals surface area contributed by atoms with Crippen LogP contribution in [-0.2, 0) is 17.3 Å². The van der Waals surface area contributed by atoms with Gasteiger partial charge in [-0.1, -0.05) is 30.3 Å². The lowest BCUT2D eigenvalue weighted by Crippen LogP contribution is -2.44. The molecule has 1 aliphatic rings. The Balaban J connectivity index is 1.64. The molecule has 1 aromatic heterocycles. The Morgan fingerprint density at radius 1 is 1.15 bits per heavy atom.